The third kappa shape index (κ3) is 2.01. The predicted octanol–water partition coefficient (Wildman–Crippen LogP) is -11.7. The maximum absolute atomic E-state index is 9.85. The van der Waals surface area contributed by atoms with Gasteiger partial charge in [0.05, 0.1) is 0 Å². The Kier molecular flexibility index (Phi) is 4.00. The quantitative estimate of drug-likeness (QED) is 0.497. The summed E-state index contributed by atoms with van der Waals surface area (Å²) in [4.78, 5) is 0. The molecule has 2 aromatic rings. The molecule has 0 aromatic heterocycles. The van der Waals surface area contributed by atoms with Crippen LogP contribution in [0.15, 0.2) is 0 Å². The summed E-state index contributed by atoms with van der Waals surface area (Å²) < 4.78 is 0. The van der Waals surface area contributed by atoms with Crippen molar-refractivity contribution in [2.24, 2.45) is 0 Å². The minimum Gasteiger partial charge on any atom is -0.423 e. The second kappa shape index (κ2) is 5.16. The predicted molar refractivity (Wildman–Crippen MR) is 111 cm³/mol. The zero-order valence-corrected chi connectivity index (χ0v) is 13.5. The molecule has 0 aliphatic carbocycles. The van der Waals surface area contributed by atoms with Gasteiger partial charge in [0.1, 0.15) is 54.9 Å². The summed E-state index contributed by atoms with van der Waals surface area (Å²) in [5, 5.41) is 21.9. The van der Waals surface area contributed by atoms with Gasteiger partial charge in [-0.05, 0) is 16.2 Å². The molecule has 0 atom stereocenters. The minimum absolute atomic E-state index is 0.659. The van der Waals surface area contributed by atoms with Crippen molar-refractivity contribution in [1.29, 1.82) is 0 Å². The molecule has 0 spiro atoms. The average molecular weight is 255 g/mol. The van der Waals surface area contributed by atoms with Crippen LogP contribution in [-0.4, -0.2) is 72.1 Å². The van der Waals surface area contributed by atoms with Crippen LogP contribution in [-0.2, 0) is 0 Å². The molecular formula is C10H16B8O2. The van der Waals surface area contributed by atoms with E-state index in [-0.39, 0.29) is 0 Å². The molecule has 0 amide bonds. The fraction of sp³-hybridized carbons (Fsp3) is 0. The molecule has 0 saturated heterocycles. The van der Waals surface area contributed by atoms with Gasteiger partial charge < -0.3 is 10.0 Å². The maximum atomic E-state index is 9.85. The van der Waals surface area contributed by atoms with E-state index in [1.54, 1.807) is 0 Å². The average Bonchev–Trinajstić information content (AvgIpc) is 2.39. The lowest BCUT2D eigenvalue weighted by Crippen LogP contribution is -2.59. The van der Waals surface area contributed by atoms with Gasteiger partial charge >= 0.3 is 7.12 Å². The molecule has 0 unspecified atom stereocenters. The molecule has 2 N–H and O–H groups in total. The summed E-state index contributed by atoms with van der Waals surface area (Å²) in [7, 11) is 13.2. The van der Waals surface area contributed by atoms with Crippen molar-refractivity contribution < 1.29 is 10.0 Å². The van der Waals surface area contributed by atoms with E-state index in [1.165, 1.54) is 27.2 Å². The summed E-state index contributed by atoms with van der Waals surface area (Å²) in [5.41, 5.74) is 8.95. The van der Waals surface area contributed by atoms with Crippen LogP contribution in [0.1, 0.15) is 0 Å². The second-order valence-corrected chi connectivity index (χ2v) is 5.91. The third-order valence-corrected chi connectivity index (χ3v) is 5.12. The third-order valence-electron chi connectivity index (χ3n) is 5.12. The lowest BCUT2D eigenvalue weighted by Gasteiger charge is -2.24. The first-order valence-electron chi connectivity index (χ1n) is 7.06. The van der Waals surface area contributed by atoms with Gasteiger partial charge in [0.25, 0.3) is 0 Å². The summed E-state index contributed by atoms with van der Waals surface area (Å²) >= 11 is 0. The van der Waals surface area contributed by atoms with Crippen LogP contribution < -0.4 is 43.7 Å². The van der Waals surface area contributed by atoms with Crippen molar-refractivity contribution >= 4 is 117 Å². The van der Waals surface area contributed by atoms with Crippen LogP contribution in [0.5, 0.6) is 0 Å². The fourth-order valence-corrected chi connectivity index (χ4v) is 3.30. The first-order chi connectivity index (χ1) is 9.20. The molecule has 0 saturated carbocycles. The molecular weight excluding hydrogens is 239 g/mol. The number of hydrogen-bond acceptors (Lipinski definition) is 2. The van der Waals surface area contributed by atoms with E-state index in [2.05, 4.69) is 47.1 Å². The SMILES string of the molecule is Bc1c(B)c(B)c2c(B(O)O)c(B)c(B)c(B)c2c1B. The van der Waals surface area contributed by atoms with E-state index >= 15 is 0 Å². The van der Waals surface area contributed by atoms with Crippen LogP contribution in [0.25, 0.3) is 10.8 Å². The molecule has 0 aliphatic rings. The van der Waals surface area contributed by atoms with Gasteiger partial charge in [-0.1, -0.05) is 21.9 Å². The highest BCUT2D eigenvalue weighted by molar-refractivity contribution is 6.78. The monoisotopic (exact) mass is 256 g/mol. The zero-order chi connectivity index (χ0) is 15.4. The summed E-state index contributed by atoms with van der Waals surface area (Å²) in [6.07, 6.45) is 0. The van der Waals surface area contributed by atoms with E-state index in [1.807, 2.05) is 7.85 Å². The van der Waals surface area contributed by atoms with Crippen LogP contribution in [0.2, 0.25) is 0 Å². The largest absolute Gasteiger partial charge is 0.488 e. The van der Waals surface area contributed by atoms with Crippen molar-refractivity contribution in [2.75, 3.05) is 0 Å². The standard InChI is InChI=1S/C10H16B8O2/c11-3-1-2(5(13)7(15)6(3)14)10(18(19)20)9(17)8(16)4(1)12/h19-20H,11-17H2. The molecule has 10 heteroatoms. The first-order valence-corrected chi connectivity index (χ1v) is 7.06. The molecule has 20 heavy (non-hydrogen) atoms. The Bertz CT molecular complexity index is 719. The Labute approximate surface area is 127 Å². The second-order valence-electron chi connectivity index (χ2n) is 5.91. The lowest BCUT2D eigenvalue weighted by molar-refractivity contribution is 0.426. The maximum Gasteiger partial charge on any atom is 0.488 e. The molecule has 0 fully saturated rings. The van der Waals surface area contributed by atoms with Gasteiger partial charge in [0, 0.05) is 0 Å². The Morgan fingerprint density at radius 3 is 1.25 bits per heavy atom. The zero-order valence-electron chi connectivity index (χ0n) is 13.5. The number of rotatable bonds is 1. The van der Waals surface area contributed by atoms with Gasteiger partial charge in [-0.3, -0.25) is 0 Å². The van der Waals surface area contributed by atoms with E-state index in [0.717, 1.165) is 21.8 Å². The van der Waals surface area contributed by atoms with E-state index in [0.29, 0.717) is 5.46 Å². The van der Waals surface area contributed by atoms with Gasteiger partial charge in [0.2, 0.25) is 0 Å². The Morgan fingerprint density at radius 1 is 0.500 bits per heavy atom. The highest BCUT2D eigenvalue weighted by atomic mass is 16.4. The van der Waals surface area contributed by atoms with E-state index in [4.69, 9.17) is 0 Å². The number of fused-ring (bicyclic) bond motifs is 1. The van der Waals surface area contributed by atoms with Gasteiger partial charge in [-0.25, -0.2) is 0 Å². The molecule has 0 radical (unpaired) electrons. The normalized spacial score (nSPS) is 10.9. The van der Waals surface area contributed by atoms with Crippen LogP contribution in [0, 0.1) is 0 Å². The Balaban J connectivity index is 3.22. The summed E-state index contributed by atoms with van der Waals surface area (Å²) in [5.74, 6) is 0. The Hall–Kier alpha value is -0.861. The number of hydrogen-bond donors (Lipinski definition) is 2. The van der Waals surface area contributed by atoms with Crippen molar-refractivity contribution in [3.63, 3.8) is 0 Å². The highest BCUT2D eigenvalue weighted by Crippen LogP contribution is 2.00. The molecule has 92 valence electrons. The lowest BCUT2D eigenvalue weighted by atomic mass is 9.55. The minimum atomic E-state index is -1.43. The van der Waals surface area contributed by atoms with Crippen LogP contribution in [0.3, 0.4) is 0 Å². The summed E-state index contributed by atoms with van der Waals surface area (Å²) in [6.45, 7) is 0. The van der Waals surface area contributed by atoms with Gasteiger partial charge in [-0.2, -0.15) is 0 Å². The van der Waals surface area contributed by atoms with Crippen molar-refractivity contribution in [2.45, 2.75) is 0 Å². The van der Waals surface area contributed by atoms with Gasteiger partial charge in [0.15, 0.2) is 0 Å². The molecule has 2 nitrogen and oxygen atoms in total. The topological polar surface area (TPSA) is 40.5 Å². The molecule has 2 aromatic carbocycles. The van der Waals surface area contributed by atoms with Crippen molar-refractivity contribution in [3.05, 3.63) is 0 Å². The van der Waals surface area contributed by atoms with Crippen LogP contribution in [0.4, 0.5) is 0 Å². The van der Waals surface area contributed by atoms with Crippen LogP contribution >= 0.6 is 0 Å². The first kappa shape index (κ1) is 15.5. The van der Waals surface area contributed by atoms with Gasteiger partial charge in [-0.15, -0.1) is 16.4 Å². The number of benzene rings is 2. The van der Waals surface area contributed by atoms with Crippen molar-refractivity contribution in [3.8, 4) is 0 Å². The van der Waals surface area contributed by atoms with Crippen molar-refractivity contribution in [1.82, 2.24) is 0 Å². The molecule has 0 aliphatic heterocycles. The van der Waals surface area contributed by atoms with E-state index < -0.39 is 7.12 Å². The molecule has 2 rings (SSSR count). The summed E-state index contributed by atoms with van der Waals surface area (Å²) in [6, 6.07) is 0. The Morgan fingerprint density at radius 2 is 0.850 bits per heavy atom. The van der Waals surface area contributed by atoms with E-state index in [9.17, 15) is 10.0 Å². The molecule has 0 heterocycles. The fourth-order valence-electron chi connectivity index (χ4n) is 3.30. The highest BCUT2D eigenvalue weighted by Gasteiger charge is 2.23. The molecule has 0 bridgehead atoms. The smallest absolute Gasteiger partial charge is 0.423 e.